The molecule has 0 unspecified atom stereocenters. The van der Waals surface area contributed by atoms with Crippen LogP contribution in [0.3, 0.4) is 0 Å². The fraction of sp³-hybridized carbons (Fsp3) is 0.125. The van der Waals surface area contributed by atoms with Gasteiger partial charge in [-0.3, -0.25) is 4.99 Å². The van der Waals surface area contributed by atoms with E-state index < -0.39 is 5.97 Å². The van der Waals surface area contributed by atoms with Crippen LogP contribution < -0.4 is 4.74 Å². The van der Waals surface area contributed by atoms with E-state index >= 15 is 0 Å². The van der Waals surface area contributed by atoms with Crippen LogP contribution >= 0.6 is 0 Å². The molecule has 0 radical (unpaired) electrons. The van der Waals surface area contributed by atoms with Gasteiger partial charge >= 0.3 is 5.97 Å². The highest BCUT2D eigenvalue weighted by Gasteiger charge is 2.11. The van der Waals surface area contributed by atoms with E-state index in [1.807, 2.05) is 37.3 Å². The average molecular weight is 269 g/mol. The number of carboxylic acid groups (broad SMARTS) is 1. The molecule has 0 amide bonds. The lowest BCUT2D eigenvalue weighted by molar-refractivity contribution is 0.0692. The fourth-order valence-corrected chi connectivity index (χ4v) is 1.74. The third kappa shape index (κ3) is 3.45. The quantitative estimate of drug-likeness (QED) is 0.845. The minimum Gasteiger partial charge on any atom is -0.493 e. The third-order valence-electron chi connectivity index (χ3n) is 2.65. The monoisotopic (exact) mass is 269 g/mol. The topological polar surface area (TPSA) is 58.9 Å². The minimum atomic E-state index is -1.01. The molecule has 2 rings (SSSR count). The SMILES string of the molecule is CCOc1ccc(C=Nc2ccccc2)cc1C(=O)O. The lowest BCUT2D eigenvalue weighted by atomic mass is 10.1. The Hall–Kier alpha value is -2.62. The number of rotatable bonds is 5. The van der Waals surface area contributed by atoms with Gasteiger partial charge in [-0.15, -0.1) is 0 Å². The van der Waals surface area contributed by atoms with E-state index in [2.05, 4.69) is 4.99 Å². The van der Waals surface area contributed by atoms with Crippen molar-refractivity contribution in [3.05, 3.63) is 59.7 Å². The zero-order valence-corrected chi connectivity index (χ0v) is 11.1. The molecule has 0 spiro atoms. The van der Waals surface area contributed by atoms with Crippen molar-refractivity contribution in [2.75, 3.05) is 6.61 Å². The van der Waals surface area contributed by atoms with Crippen molar-refractivity contribution in [3.63, 3.8) is 0 Å². The van der Waals surface area contributed by atoms with Crippen molar-refractivity contribution >= 4 is 17.9 Å². The van der Waals surface area contributed by atoms with E-state index in [-0.39, 0.29) is 5.56 Å². The Morgan fingerprint density at radius 1 is 1.25 bits per heavy atom. The van der Waals surface area contributed by atoms with E-state index in [9.17, 15) is 9.90 Å². The van der Waals surface area contributed by atoms with Crippen LogP contribution in [0, 0.1) is 0 Å². The Kier molecular flexibility index (Phi) is 4.50. The van der Waals surface area contributed by atoms with E-state index in [0.29, 0.717) is 12.4 Å². The maximum Gasteiger partial charge on any atom is 0.339 e. The summed E-state index contributed by atoms with van der Waals surface area (Å²) in [4.78, 5) is 15.5. The molecule has 0 bridgehead atoms. The van der Waals surface area contributed by atoms with Crippen LogP contribution in [-0.2, 0) is 0 Å². The molecule has 20 heavy (non-hydrogen) atoms. The number of para-hydroxylation sites is 1. The van der Waals surface area contributed by atoms with Crippen LogP contribution in [0.15, 0.2) is 53.5 Å². The Labute approximate surface area is 117 Å². The Morgan fingerprint density at radius 2 is 2.00 bits per heavy atom. The largest absolute Gasteiger partial charge is 0.493 e. The number of aromatic carboxylic acids is 1. The van der Waals surface area contributed by atoms with Gasteiger partial charge in [-0.2, -0.15) is 0 Å². The van der Waals surface area contributed by atoms with Gasteiger partial charge in [0, 0.05) is 6.21 Å². The van der Waals surface area contributed by atoms with Crippen LogP contribution in [0.4, 0.5) is 5.69 Å². The molecule has 0 saturated carbocycles. The molecule has 102 valence electrons. The number of carboxylic acids is 1. The first-order valence-electron chi connectivity index (χ1n) is 6.30. The van der Waals surface area contributed by atoms with Crippen LogP contribution in [0.1, 0.15) is 22.8 Å². The maximum absolute atomic E-state index is 11.2. The Balaban J connectivity index is 2.27. The second-order valence-electron chi connectivity index (χ2n) is 4.09. The molecule has 0 aliphatic rings. The summed E-state index contributed by atoms with van der Waals surface area (Å²) >= 11 is 0. The van der Waals surface area contributed by atoms with Gasteiger partial charge in [-0.1, -0.05) is 18.2 Å². The number of carbonyl (C=O) groups is 1. The molecule has 4 nitrogen and oxygen atoms in total. The van der Waals surface area contributed by atoms with Crippen molar-refractivity contribution in [2.24, 2.45) is 4.99 Å². The molecular formula is C16H15NO3. The van der Waals surface area contributed by atoms with E-state index in [4.69, 9.17) is 4.74 Å². The average Bonchev–Trinajstić information content (AvgIpc) is 2.47. The number of benzene rings is 2. The zero-order valence-electron chi connectivity index (χ0n) is 11.1. The first-order valence-corrected chi connectivity index (χ1v) is 6.30. The molecule has 1 N–H and O–H groups in total. The summed E-state index contributed by atoms with van der Waals surface area (Å²) in [5.41, 5.74) is 1.68. The number of aliphatic imine (C=N–C) groups is 1. The molecule has 0 saturated heterocycles. The normalized spacial score (nSPS) is 10.7. The highest BCUT2D eigenvalue weighted by atomic mass is 16.5. The molecule has 2 aromatic carbocycles. The highest BCUT2D eigenvalue weighted by Crippen LogP contribution is 2.20. The lowest BCUT2D eigenvalue weighted by Crippen LogP contribution is -2.03. The van der Waals surface area contributed by atoms with Gasteiger partial charge in [0.1, 0.15) is 11.3 Å². The molecule has 0 fully saturated rings. The van der Waals surface area contributed by atoms with Gasteiger partial charge in [0.15, 0.2) is 0 Å². The van der Waals surface area contributed by atoms with E-state index in [1.165, 1.54) is 0 Å². The summed E-state index contributed by atoms with van der Waals surface area (Å²) in [6.07, 6.45) is 1.64. The third-order valence-corrected chi connectivity index (χ3v) is 2.65. The molecular weight excluding hydrogens is 254 g/mol. The van der Waals surface area contributed by atoms with Crippen molar-refractivity contribution in [1.82, 2.24) is 0 Å². The van der Waals surface area contributed by atoms with Crippen LogP contribution in [0.2, 0.25) is 0 Å². The standard InChI is InChI=1S/C16H15NO3/c1-2-20-15-9-8-12(10-14(15)16(18)19)11-17-13-6-4-3-5-7-13/h3-11H,2H2,1H3,(H,18,19). The number of hydrogen-bond donors (Lipinski definition) is 1. The van der Waals surface area contributed by atoms with Crippen LogP contribution in [0.5, 0.6) is 5.75 Å². The van der Waals surface area contributed by atoms with Crippen molar-refractivity contribution in [1.29, 1.82) is 0 Å². The first-order chi connectivity index (χ1) is 9.70. The number of hydrogen-bond acceptors (Lipinski definition) is 3. The predicted molar refractivity (Wildman–Crippen MR) is 78.3 cm³/mol. The first kappa shape index (κ1) is 13.8. The van der Waals surface area contributed by atoms with Gasteiger partial charge in [0.25, 0.3) is 0 Å². The summed E-state index contributed by atoms with van der Waals surface area (Å²) < 4.78 is 5.29. The fourth-order valence-electron chi connectivity index (χ4n) is 1.74. The predicted octanol–water partition coefficient (Wildman–Crippen LogP) is 3.53. The van der Waals surface area contributed by atoms with Gasteiger partial charge in [-0.05, 0) is 42.8 Å². The number of ether oxygens (including phenoxy) is 1. The second-order valence-corrected chi connectivity index (χ2v) is 4.09. The van der Waals surface area contributed by atoms with Gasteiger partial charge in [0.05, 0.1) is 12.3 Å². The summed E-state index contributed by atoms with van der Waals surface area (Å²) in [6, 6.07) is 14.5. The van der Waals surface area contributed by atoms with Crippen molar-refractivity contribution < 1.29 is 14.6 Å². The smallest absolute Gasteiger partial charge is 0.339 e. The Morgan fingerprint density at radius 3 is 2.65 bits per heavy atom. The summed E-state index contributed by atoms with van der Waals surface area (Å²) in [5, 5.41) is 9.18. The van der Waals surface area contributed by atoms with Gasteiger partial charge in [0.2, 0.25) is 0 Å². The van der Waals surface area contributed by atoms with Crippen LogP contribution in [0.25, 0.3) is 0 Å². The van der Waals surface area contributed by atoms with Gasteiger partial charge in [-0.25, -0.2) is 4.79 Å². The van der Waals surface area contributed by atoms with E-state index in [0.717, 1.165) is 11.3 Å². The highest BCUT2D eigenvalue weighted by molar-refractivity contribution is 5.94. The summed E-state index contributed by atoms with van der Waals surface area (Å²) in [7, 11) is 0. The van der Waals surface area contributed by atoms with Crippen molar-refractivity contribution in [2.45, 2.75) is 6.92 Å². The molecule has 0 heterocycles. The minimum absolute atomic E-state index is 0.142. The van der Waals surface area contributed by atoms with Gasteiger partial charge < -0.3 is 9.84 Å². The molecule has 0 atom stereocenters. The second kappa shape index (κ2) is 6.52. The Bertz CT molecular complexity index is 621. The molecule has 0 aliphatic carbocycles. The zero-order chi connectivity index (χ0) is 14.4. The molecule has 4 heteroatoms. The van der Waals surface area contributed by atoms with E-state index in [1.54, 1.807) is 24.4 Å². The summed E-state index contributed by atoms with van der Waals surface area (Å²) in [6.45, 7) is 2.24. The summed E-state index contributed by atoms with van der Waals surface area (Å²) in [5.74, 6) is -0.639. The van der Waals surface area contributed by atoms with Crippen molar-refractivity contribution in [3.8, 4) is 5.75 Å². The molecule has 2 aromatic rings. The number of nitrogens with zero attached hydrogens (tertiary/aromatic N) is 1. The lowest BCUT2D eigenvalue weighted by Gasteiger charge is -2.07. The molecule has 0 aliphatic heterocycles. The molecule has 0 aromatic heterocycles. The maximum atomic E-state index is 11.2. The van der Waals surface area contributed by atoms with Crippen LogP contribution in [-0.4, -0.2) is 23.9 Å².